The van der Waals surface area contributed by atoms with E-state index >= 15 is 0 Å². The summed E-state index contributed by atoms with van der Waals surface area (Å²) < 4.78 is 2.02. The van der Waals surface area contributed by atoms with E-state index in [0.717, 1.165) is 12.1 Å². The van der Waals surface area contributed by atoms with E-state index in [1.54, 1.807) is 0 Å². The van der Waals surface area contributed by atoms with Crippen LogP contribution in [-0.4, -0.2) is 9.78 Å². The lowest BCUT2D eigenvalue weighted by Gasteiger charge is -2.03. The van der Waals surface area contributed by atoms with Gasteiger partial charge in [-0.05, 0) is 13.3 Å². The van der Waals surface area contributed by atoms with Gasteiger partial charge in [0.05, 0.1) is 6.20 Å². The number of unbranched alkanes of at least 4 members (excludes halogenated alkanes) is 7. The molecule has 3 heteroatoms. The lowest BCUT2D eigenvalue weighted by atomic mass is 10.1. The first kappa shape index (κ1) is 15.2. The number of nitrogens with zero attached hydrogens (tertiary/aromatic N) is 2. The topological polar surface area (TPSA) is 43.8 Å². The third-order valence-corrected chi connectivity index (χ3v) is 3.42. The Morgan fingerprint density at radius 3 is 2.28 bits per heavy atom. The van der Waals surface area contributed by atoms with Crippen LogP contribution >= 0.6 is 0 Å². The van der Waals surface area contributed by atoms with Crippen LogP contribution in [0.15, 0.2) is 12.4 Å². The first-order chi connectivity index (χ1) is 8.74. The van der Waals surface area contributed by atoms with E-state index in [1.165, 1.54) is 51.4 Å². The SMILES string of the molecule is CCCCCCCCCCn1cc([C@@H](C)N)cn1. The molecule has 0 aliphatic carbocycles. The number of hydrogen-bond donors (Lipinski definition) is 1. The van der Waals surface area contributed by atoms with Gasteiger partial charge in [-0.25, -0.2) is 0 Å². The molecule has 3 nitrogen and oxygen atoms in total. The molecule has 0 aliphatic rings. The number of aryl methyl sites for hydroxylation is 1. The maximum absolute atomic E-state index is 5.81. The maximum Gasteiger partial charge on any atom is 0.0537 e. The Bertz CT molecular complexity index is 304. The smallest absolute Gasteiger partial charge is 0.0537 e. The summed E-state index contributed by atoms with van der Waals surface area (Å²) in [5.41, 5.74) is 6.94. The minimum atomic E-state index is 0.0947. The number of hydrogen-bond acceptors (Lipinski definition) is 2. The monoisotopic (exact) mass is 251 g/mol. The minimum Gasteiger partial charge on any atom is -0.324 e. The van der Waals surface area contributed by atoms with Crippen LogP contribution in [0, 0.1) is 0 Å². The molecule has 18 heavy (non-hydrogen) atoms. The molecule has 0 saturated heterocycles. The van der Waals surface area contributed by atoms with Gasteiger partial charge in [-0.3, -0.25) is 4.68 Å². The van der Waals surface area contributed by atoms with Gasteiger partial charge in [-0.1, -0.05) is 51.9 Å². The molecule has 0 radical (unpaired) electrons. The van der Waals surface area contributed by atoms with E-state index in [4.69, 9.17) is 5.73 Å². The van der Waals surface area contributed by atoms with Crippen molar-refractivity contribution in [3.8, 4) is 0 Å². The van der Waals surface area contributed by atoms with Gasteiger partial charge in [-0.2, -0.15) is 5.10 Å². The molecule has 0 aliphatic heterocycles. The third kappa shape index (κ3) is 6.20. The molecular formula is C15H29N3. The van der Waals surface area contributed by atoms with Gasteiger partial charge in [0.2, 0.25) is 0 Å². The molecular weight excluding hydrogens is 222 g/mol. The van der Waals surface area contributed by atoms with Crippen molar-refractivity contribution in [3.05, 3.63) is 18.0 Å². The highest BCUT2D eigenvalue weighted by Crippen LogP contribution is 2.10. The van der Waals surface area contributed by atoms with Crippen molar-refractivity contribution in [2.45, 2.75) is 77.8 Å². The van der Waals surface area contributed by atoms with Gasteiger partial charge in [0.1, 0.15) is 0 Å². The largest absolute Gasteiger partial charge is 0.324 e. The van der Waals surface area contributed by atoms with Crippen LogP contribution in [0.25, 0.3) is 0 Å². The number of aromatic nitrogens is 2. The Kier molecular flexibility index (Phi) is 7.74. The molecule has 0 spiro atoms. The van der Waals surface area contributed by atoms with E-state index in [-0.39, 0.29) is 6.04 Å². The van der Waals surface area contributed by atoms with Crippen molar-refractivity contribution in [1.29, 1.82) is 0 Å². The summed E-state index contributed by atoms with van der Waals surface area (Å²) in [6, 6.07) is 0.0947. The zero-order chi connectivity index (χ0) is 13.2. The van der Waals surface area contributed by atoms with Crippen molar-refractivity contribution in [2.75, 3.05) is 0 Å². The fourth-order valence-corrected chi connectivity index (χ4v) is 2.14. The predicted octanol–water partition coefficient (Wildman–Crippen LogP) is 4.04. The minimum absolute atomic E-state index is 0.0947. The quantitative estimate of drug-likeness (QED) is 0.638. The predicted molar refractivity (Wildman–Crippen MR) is 77.4 cm³/mol. The Morgan fingerprint density at radius 1 is 1.11 bits per heavy atom. The molecule has 0 fully saturated rings. The van der Waals surface area contributed by atoms with Crippen LogP contribution in [0.4, 0.5) is 0 Å². The highest BCUT2D eigenvalue weighted by molar-refractivity contribution is 5.07. The average Bonchev–Trinajstić information content (AvgIpc) is 2.81. The summed E-state index contributed by atoms with van der Waals surface area (Å²) in [7, 11) is 0. The van der Waals surface area contributed by atoms with Gasteiger partial charge in [0, 0.05) is 24.3 Å². The summed E-state index contributed by atoms with van der Waals surface area (Å²) in [5, 5.41) is 4.33. The molecule has 0 aromatic carbocycles. The van der Waals surface area contributed by atoms with Crippen LogP contribution in [0.5, 0.6) is 0 Å². The molecule has 104 valence electrons. The molecule has 0 saturated carbocycles. The second-order valence-electron chi connectivity index (χ2n) is 5.30. The third-order valence-electron chi connectivity index (χ3n) is 3.42. The Balaban J connectivity index is 2.00. The zero-order valence-corrected chi connectivity index (χ0v) is 12.1. The number of rotatable bonds is 10. The first-order valence-corrected chi connectivity index (χ1v) is 7.52. The fraction of sp³-hybridized carbons (Fsp3) is 0.800. The van der Waals surface area contributed by atoms with Gasteiger partial charge in [0.25, 0.3) is 0 Å². The van der Waals surface area contributed by atoms with E-state index in [1.807, 2.05) is 17.8 Å². The van der Waals surface area contributed by atoms with E-state index < -0.39 is 0 Å². The molecule has 0 amide bonds. The Morgan fingerprint density at radius 2 is 1.72 bits per heavy atom. The van der Waals surface area contributed by atoms with Crippen LogP contribution in [-0.2, 0) is 6.54 Å². The highest BCUT2D eigenvalue weighted by atomic mass is 15.3. The van der Waals surface area contributed by atoms with Crippen molar-refractivity contribution in [3.63, 3.8) is 0 Å². The average molecular weight is 251 g/mol. The summed E-state index contributed by atoms with van der Waals surface area (Å²) in [4.78, 5) is 0. The van der Waals surface area contributed by atoms with E-state index in [0.29, 0.717) is 0 Å². The molecule has 1 rings (SSSR count). The van der Waals surface area contributed by atoms with Gasteiger partial charge < -0.3 is 5.73 Å². The van der Waals surface area contributed by atoms with E-state index in [2.05, 4.69) is 18.2 Å². The molecule has 1 atom stereocenters. The molecule has 1 aromatic heterocycles. The normalized spacial score (nSPS) is 12.8. The first-order valence-electron chi connectivity index (χ1n) is 7.52. The van der Waals surface area contributed by atoms with E-state index in [9.17, 15) is 0 Å². The second-order valence-corrected chi connectivity index (χ2v) is 5.30. The summed E-state index contributed by atoms with van der Waals surface area (Å²) >= 11 is 0. The van der Waals surface area contributed by atoms with Crippen molar-refractivity contribution in [2.24, 2.45) is 5.73 Å². The van der Waals surface area contributed by atoms with Gasteiger partial charge >= 0.3 is 0 Å². The molecule has 0 unspecified atom stereocenters. The molecule has 2 N–H and O–H groups in total. The maximum atomic E-state index is 5.81. The van der Waals surface area contributed by atoms with Crippen molar-refractivity contribution >= 4 is 0 Å². The van der Waals surface area contributed by atoms with Crippen molar-refractivity contribution < 1.29 is 0 Å². The summed E-state index contributed by atoms with van der Waals surface area (Å²) in [6.07, 6.45) is 14.8. The van der Waals surface area contributed by atoms with Crippen molar-refractivity contribution in [1.82, 2.24) is 9.78 Å². The van der Waals surface area contributed by atoms with Crippen LogP contribution in [0.3, 0.4) is 0 Å². The van der Waals surface area contributed by atoms with Crippen LogP contribution in [0.1, 0.15) is 76.8 Å². The summed E-state index contributed by atoms with van der Waals surface area (Å²) in [5.74, 6) is 0. The summed E-state index contributed by atoms with van der Waals surface area (Å²) in [6.45, 7) is 5.29. The number of nitrogens with two attached hydrogens (primary N) is 1. The lowest BCUT2D eigenvalue weighted by Crippen LogP contribution is -2.03. The zero-order valence-electron chi connectivity index (χ0n) is 12.1. The molecule has 1 aromatic rings. The van der Waals surface area contributed by atoms with Gasteiger partial charge in [-0.15, -0.1) is 0 Å². The standard InChI is InChI=1S/C15H29N3/c1-3-4-5-6-7-8-9-10-11-18-13-15(12-17-18)14(2)16/h12-14H,3-11,16H2,1-2H3/t14-/m1/s1. The fourth-order valence-electron chi connectivity index (χ4n) is 2.14. The highest BCUT2D eigenvalue weighted by Gasteiger charge is 2.02. The van der Waals surface area contributed by atoms with Crippen LogP contribution in [0.2, 0.25) is 0 Å². The van der Waals surface area contributed by atoms with Gasteiger partial charge in [0.15, 0.2) is 0 Å². The molecule has 1 heterocycles. The van der Waals surface area contributed by atoms with Crippen LogP contribution < -0.4 is 5.73 Å². The lowest BCUT2D eigenvalue weighted by molar-refractivity contribution is 0.519. The Labute approximate surface area is 112 Å². The Hall–Kier alpha value is -0.830. The molecule has 0 bridgehead atoms. The second kappa shape index (κ2) is 9.15.